The number of imidazole rings is 1. The molecule has 0 aliphatic heterocycles. The summed E-state index contributed by atoms with van der Waals surface area (Å²) in [7, 11) is 1.24. The minimum Gasteiger partial charge on any atom is -0.453 e. The summed E-state index contributed by atoms with van der Waals surface area (Å²) in [5, 5.41) is 11.1. The molecule has 0 saturated heterocycles. The number of nitrogens with zero attached hydrogens (tertiary/aromatic N) is 2. The molecule has 1 heterocycles. The van der Waals surface area contributed by atoms with Gasteiger partial charge in [-0.1, -0.05) is 81.1 Å². The van der Waals surface area contributed by atoms with E-state index in [1.807, 2.05) is 45.0 Å². The third-order valence-electron chi connectivity index (χ3n) is 8.05. The quantitative estimate of drug-likeness (QED) is 0.0979. The summed E-state index contributed by atoms with van der Waals surface area (Å²) >= 11 is 0. The number of hydrogen-bond donors (Lipinski definition) is 5. The second-order valence-corrected chi connectivity index (χ2v) is 12.0. The number of allylic oxidation sites excluding steroid dienone is 1. The normalized spacial score (nSPS) is 11.1. The Hall–Kier alpha value is -5.91. The third-order valence-corrected chi connectivity index (χ3v) is 8.05. The number of rotatable bonds is 17. The molecule has 0 atom stereocenters. The topological polar surface area (TPSA) is 158 Å². The Labute approximate surface area is 298 Å². The fourth-order valence-corrected chi connectivity index (χ4v) is 5.43. The first-order valence-electron chi connectivity index (χ1n) is 17.1. The van der Waals surface area contributed by atoms with E-state index in [-0.39, 0.29) is 37.4 Å². The summed E-state index contributed by atoms with van der Waals surface area (Å²) in [4.78, 5) is 57.3. The van der Waals surface area contributed by atoms with Gasteiger partial charge in [-0.25, -0.2) is 9.78 Å². The number of carbonyl (C=O) groups excluding carboxylic acids is 4. The van der Waals surface area contributed by atoms with E-state index in [4.69, 9.17) is 0 Å². The van der Waals surface area contributed by atoms with E-state index >= 15 is 0 Å². The summed E-state index contributed by atoms with van der Waals surface area (Å²) in [6.45, 7) is 11.0. The van der Waals surface area contributed by atoms with Gasteiger partial charge in [-0.2, -0.15) is 0 Å². The fraction of sp³-hybridized carbons (Fsp3) is 0.308. The maximum Gasteiger partial charge on any atom is 0.407 e. The summed E-state index contributed by atoms with van der Waals surface area (Å²) in [6.07, 6.45) is 3.24. The van der Waals surface area contributed by atoms with Crippen molar-refractivity contribution < 1.29 is 23.9 Å². The molecular weight excluding hydrogens is 646 g/mol. The van der Waals surface area contributed by atoms with Crippen LogP contribution in [0.1, 0.15) is 51.4 Å². The number of carbonyl (C=O) groups is 4. The van der Waals surface area contributed by atoms with Gasteiger partial charge in [0.05, 0.1) is 37.8 Å². The van der Waals surface area contributed by atoms with Crippen molar-refractivity contribution in [1.29, 1.82) is 0 Å². The first-order chi connectivity index (χ1) is 24.6. The maximum absolute atomic E-state index is 12.8. The Morgan fingerprint density at radius 1 is 0.843 bits per heavy atom. The highest BCUT2D eigenvalue weighted by molar-refractivity contribution is 5.85. The van der Waals surface area contributed by atoms with E-state index in [2.05, 4.69) is 91.1 Å². The Morgan fingerprint density at radius 2 is 1.49 bits per heavy atom. The van der Waals surface area contributed by atoms with Crippen LogP contribution in [0.5, 0.6) is 0 Å². The molecule has 0 aliphatic carbocycles. The molecule has 4 aromatic rings. The molecule has 4 rings (SSSR count). The molecule has 3 aromatic carbocycles. The lowest BCUT2D eigenvalue weighted by Crippen LogP contribution is -2.42. The van der Waals surface area contributed by atoms with Gasteiger partial charge in [0.25, 0.3) is 0 Å². The first kappa shape index (κ1) is 37.9. The zero-order valence-corrected chi connectivity index (χ0v) is 29.7. The molecule has 1 aromatic heterocycles. The van der Waals surface area contributed by atoms with Crippen molar-refractivity contribution in [3.8, 4) is 22.3 Å². The van der Waals surface area contributed by atoms with Crippen molar-refractivity contribution in [3.63, 3.8) is 0 Å². The number of nitrogens with one attached hydrogen (secondary N) is 5. The van der Waals surface area contributed by atoms with Gasteiger partial charge in [-0.3, -0.25) is 14.4 Å². The Bertz CT molecular complexity index is 1860. The van der Waals surface area contributed by atoms with Gasteiger partial charge >= 0.3 is 6.09 Å². The lowest BCUT2D eigenvalue weighted by atomic mass is 9.99. The van der Waals surface area contributed by atoms with Gasteiger partial charge < -0.3 is 35.9 Å². The molecule has 4 amide bonds. The number of aromatic amines is 1. The number of amides is 4. The monoisotopic (exact) mass is 693 g/mol. The van der Waals surface area contributed by atoms with Crippen LogP contribution in [0.3, 0.4) is 0 Å². The first-order valence-corrected chi connectivity index (χ1v) is 17.1. The third kappa shape index (κ3) is 11.0. The molecule has 0 unspecified atom stereocenters. The minimum absolute atomic E-state index is 0.0194. The Balaban J connectivity index is 1.35. The van der Waals surface area contributed by atoms with Crippen LogP contribution in [0.15, 0.2) is 85.1 Å². The van der Waals surface area contributed by atoms with Crippen LogP contribution in [-0.4, -0.2) is 72.0 Å². The van der Waals surface area contributed by atoms with Crippen molar-refractivity contribution in [2.45, 2.75) is 46.6 Å². The van der Waals surface area contributed by atoms with Gasteiger partial charge in [-0.15, -0.1) is 0 Å². The van der Waals surface area contributed by atoms with E-state index in [1.54, 1.807) is 4.90 Å². The van der Waals surface area contributed by atoms with Crippen LogP contribution in [0.25, 0.3) is 39.0 Å². The smallest absolute Gasteiger partial charge is 0.407 e. The van der Waals surface area contributed by atoms with E-state index in [0.717, 1.165) is 57.4 Å². The molecule has 12 nitrogen and oxygen atoms in total. The number of hydrogen-bond acceptors (Lipinski definition) is 7. The van der Waals surface area contributed by atoms with Gasteiger partial charge in [0, 0.05) is 24.4 Å². The van der Waals surface area contributed by atoms with Crippen LogP contribution in [-0.2, 0) is 25.7 Å². The molecule has 5 N–H and O–H groups in total. The lowest BCUT2D eigenvalue weighted by Gasteiger charge is -2.25. The average molecular weight is 694 g/mol. The van der Waals surface area contributed by atoms with Crippen LogP contribution >= 0.6 is 0 Å². The van der Waals surface area contributed by atoms with Gasteiger partial charge in [0.2, 0.25) is 17.7 Å². The molecule has 0 bridgehead atoms. The second kappa shape index (κ2) is 18.7. The molecule has 0 aliphatic rings. The highest BCUT2D eigenvalue weighted by Crippen LogP contribution is 2.28. The van der Waals surface area contributed by atoms with E-state index in [1.165, 1.54) is 7.11 Å². The highest BCUT2D eigenvalue weighted by Gasteiger charge is 2.16. The van der Waals surface area contributed by atoms with Crippen molar-refractivity contribution in [2.75, 3.05) is 33.3 Å². The SMILES string of the molecule is C=C(CN(CCC)C(=O)CNC(=O)CCC)N/C(=C\C)c1ccc(-c2ccc(-c3ccc4nc(CNC(=O)CNC(=O)OC)[nH]c4c3)cc2)cc1. The van der Waals surface area contributed by atoms with Crippen LogP contribution in [0.4, 0.5) is 4.79 Å². The molecule has 268 valence electrons. The molecule has 0 fully saturated rings. The fourth-order valence-electron chi connectivity index (χ4n) is 5.43. The highest BCUT2D eigenvalue weighted by atomic mass is 16.5. The predicted molar refractivity (Wildman–Crippen MR) is 200 cm³/mol. The predicted octanol–water partition coefficient (Wildman–Crippen LogP) is 5.49. The Kier molecular flexibility index (Phi) is 13.9. The number of ether oxygens (including phenoxy) is 1. The summed E-state index contributed by atoms with van der Waals surface area (Å²) in [5.41, 5.74) is 8.41. The second-order valence-electron chi connectivity index (χ2n) is 12.0. The van der Waals surface area contributed by atoms with E-state index in [0.29, 0.717) is 31.0 Å². The van der Waals surface area contributed by atoms with Gasteiger partial charge in [-0.05, 0) is 59.7 Å². The van der Waals surface area contributed by atoms with Gasteiger partial charge in [0.1, 0.15) is 12.4 Å². The molecule has 0 spiro atoms. The number of alkyl carbamates (subject to hydrolysis) is 1. The molecular formula is C39H47N7O5. The zero-order valence-electron chi connectivity index (χ0n) is 29.7. The largest absolute Gasteiger partial charge is 0.453 e. The number of fused-ring (bicyclic) bond motifs is 1. The van der Waals surface area contributed by atoms with Crippen molar-refractivity contribution in [2.24, 2.45) is 0 Å². The summed E-state index contributed by atoms with van der Waals surface area (Å²) in [6, 6.07) is 22.6. The lowest BCUT2D eigenvalue weighted by molar-refractivity contribution is -0.132. The maximum atomic E-state index is 12.8. The summed E-state index contributed by atoms with van der Waals surface area (Å²) in [5.74, 6) is -0.00521. The Morgan fingerprint density at radius 3 is 2.12 bits per heavy atom. The zero-order chi connectivity index (χ0) is 36.8. The number of methoxy groups -OCH3 is 1. The number of benzene rings is 3. The minimum atomic E-state index is -0.670. The molecule has 12 heteroatoms. The van der Waals surface area contributed by atoms with Crippen LogP contribution < -0.4 is 21.3 Å². The van der Waals surface area contributed by atoms with Crippen LogP contribution in [0, 0.1) is 0 Å². The van der Waals surface area contributed by atoms with Gasteiger partial charge in [0.15, 0.2) is 0 Å². The number of H-pyrrole nitrogens is 1. The van der Waals surface area contributed by atoms with Crippen molar-refractivity contribution in [1.82, 2.24) is 36.1 Å². The molecule has 0 saturated carbocycles. The molecule has 0 radical (unpaired) electrons. The summed E-state index contributed by atoms with van der Waals surface area (Å²) < 4.78 is 4.47. The molecule has 51 heavy (non-hydrogen) atoms. The number of aromatic nitrogens is 2. The van der Waals surface area contributed by atoms with Crippen LogP contribution in [0.2, 0.25) is 0 Å². The van der Waals surface area contributed by atoms with Crippen molar-refractivity contribution >= 4 is 40.5 Å². The van der Waals surface area contributed by atoms with Crippen molar-refractivity contribution in [3.05, 3.63) is 96.5 Å². The standard InChI is InChI=1S/C39H47N7O5/c1-6-9-36(47)41-24-38(49)46(20-7-2)25-26(4)43-32(8-3)30-16-14-28(15-17-30)27-10-12-29(13-11-27)31-18-19-33-34(21-31)45-35(44-33)22-40-37(48)23-42-39(50)51-5/h8,10-19,21,43H,4,6-7,9,20,22-25H2,1-3,5H3,(H,40,48)(H,41,47)(H,42,50)(H,44,45)/b32-8-. The average Bonchev–Trinajstić information content (AvgIpc) is 3.56. The van der Waals surface area contributed by atoms with E-state index in [9.17, 15) is 19.2 Å². The van der Waals surface area contributed by atoms with E-state index < -0.39 is 6.09 Å².